The topological polar surface area (TPSA) is 123 Å². The Bertz CT molecular complexity index is 1610. The number of aromatic nitrogens is 2. The number of nitrogens with zero attached hydrogens (tertiary/aromatic N) is 2. The van der Waals surface area contributed by atoms with E-state index in [0.29, 0.717) is 24.7 Å². The van der Waals surface area contributed by atoms with Gasteiger partial charge in [0.05, 0.1) is 31.7 Å². The van der Waals surface area contributed by atoms with Crippen molar-refractivity contribution in [3.8, 4) is 11.1 Å². The zero-order valence-corrected chi connectivity index (χ0v) is 26.2. The number of ether oxygens (including phenoxy) is 2. The summed E-state index contributed by atoms with van der Waals surface area (Å²) < 4.78 is 14.9. The molecule has 11 heteroatoms. The van der Waals surface area contributed by atoms with Gasteiger partial charge < -0.3 is 29.6 Å². The quantitative estimate of drug-likeness (QED) is 0.156. The lowest BCUT2D eigenvalue weighted by Crippen LogP contribution is -2.39. The van der Waals surface area contributed by atoms with Gasteiger partial charge in [0.15, 0.2) is 11.4 Å². The summed E-state index contributed by atoms with van der Waals surface area (Å²) in [6.45, 7) is 2.83. The first-order valence-electron chi connectivity index (χ1n) is 14.8. The van der Waals surface area contributed by atoms with Crippen LogP contribution in [-0.4, -0.2) is 37.7 Å². The van der Waals surface area contributed by atoms with Crippen LogP contribution in [-0.2, 0) is 38.8 Å². The number of carboxylic acids is 1. The van der Waals surface area contributed by atoms with E-state index >= 15 is 0 Å². The standard InChI is InChI=1S/C34H35Cl2N3O6/c1-21-28(18-39-20-38-32(35)33(39)36)44-34(45-31(21)25-10-8-22(19-40)9-11-25)26-14-12-24(13-15-26)27-5-2-4-23(16-27)17-37-29(41)6-3-7-30(42)43/h2,4-5,8-16,20-21,28,31,34,40H,3,6-7,17-19H2,1H3,(H,37,41)(H,42,43)/t21-,28+,31+,34+/m0/s1. The highest BCUT2D eigenvalue weighted by Gasteiger charge is 2.38. The molecule has 1 aliphatic rings. The number of aliphatic carboxylic acids is 1. The Morgan fingerprint density at radius 3 is 2.33 bits per heavy atom. The van der Waals surface area contributed by atoms with Crippen LogP contribution in [0.1, 0.15) is 60.8 Å². The summed E-state index contributed by atoms with van der Waals surface area (Å²) in [4.78, 5) is 26.9. The van der Waals surface area contributed by atoms with Gasteiger partial charge in [0, 0.05) is 30.9 Å². The summed E-state index contributed by atoms with van der Waals surface area (Å²) in [7, 11) is 0. The van der Waals surface area contributed by atoms with Crippen LogP contribution in [0.15, 0.2) is 79.1 Å². The van der Waals surface area contributed by atoms with Gasteiger partial charge >= 0.3 is 5.97 Å². The maximum absolute atomic E-state index is 12.1. The highest BCUT2D eigenvalue weighted by Crippen LogP contribution is 2.42. The predicted octanol–water partition coefficient (Wildman–Crippen LogP) is 6.71. The number of hydrogen-bond donors (Lipinski definition) is 3. The summed E-state index contributed by atoms with van der Waals surface area (Å²) in [5.74, 6) is -1.12. The van der Waals surface area contributed by atoms with Crippen LogP contribution in [0.3, 0.4) is 0 Å². The summed E-state index contributed by atoms with van der Waals surface area (Å²) in [6, 6.07) is 23.6. The van der Waals surface area contributed by atoms with E-state index in [0.717, 1.165) is 33.4 Å². The van der Waals surface area contributed by atoms with E-state index in [9.17, 15) is 14.7 Å². The zero-order chi connectivity index (χ0) is 31.9. The molecular formula is C34H35Cl2N3O6. The van der Waals surface area contributed by atoms with Crippen molar-refractivity contribution in [2.24, 2.45) is 5.92 Å². The molecule has 9 nitrogen and oxygen atoms in total. The number of carbonyl (C=O) groups excluding carboxylic acids is 1. The van der Waals surface area contributed by atoms with Crippen molar-refractivity contribution in [2.75, 3.05) is 0 Å². The monoisotopic (exact) mass is 651 g/mol. The molecule has 0 radical (unpaired) electrons. The number of halogens is 2. The number of aliphatic hydroxyl groups is 1. The van der Waals surface area contributed by atoms with E-state index < -0.39 is 12.3 Å². The highest BCUT2D eigenvalue weighted by atomic mass is 35.5. The van der Waals surface area contributed by atoms with Gasteiger partial charge in [0.25, 0.3) is 0 Å². The number of carboxylic acid groups (broad SMARTS) is 1. The van der Waals surface area contributed by atoms with Crippen molar-refractivity contribution in [2.45, 2.75) is 64.4 Å². The lowest BCUT2D eigenvalue weighted by atomic mass is 9.90. The first kappa shape index (κ1) is 32.7. The SMILES string of the molecule is C[C@H]1[C@@H](Cn2cnc(Cl)c2Cl)O[C@@H](c2ccc(-c3cccc(CNC(=O)CCCC(=O)O)c3)cc2)O[C@H]1c1ccc(CO)cc1. The average Bonchev–Trinajstić information content (AvgIpc) is 3.37. The Hall–Kier alpha value is -3.73. The fraction of sp³-hybridized carbons (Fsp3) is 0.324. The first-order chi connectivity index (χ1) is 21.7. The predicted molar refractivity (Wildman–Crippen MR) is 170 cm³/mol. The van der Waals surface area contributed by atoms with Crippen molar-refractivity contribution in [3.05, 3.63) is 112 Å². The minimum Gasteiger partial charge on any atom is -0.481 e. The van der Waals surface area contributed by atoms with Crippen molar-refractivity contribution in [1.29, 1.82) is 0 Å². The third kappa shape index (κ3) is 8.31. The van der Waals surface area contributed by atoms with Gasteiger partial charge in [-0.15, -0.1) is 0 Å². The smallest absolute Gasteiger partial charge is 0.303 e. The molecule has 0 bridgehead atoms. The number of aliphatic hydroxyl groups excluding tert-OH is 1. The Labute approximate surface area is 271 Å². The molecule has 2 heterocycles. The van der Waals surface area contributed by atoms with Gasteiger partial charge in [0.1, 0.15) is 5.15 Å². The van der Waals surface area contributed by atoms with E-state index in [-0.39, 0.29) is 48.6 Å². The number of imidazole rings is 1. The molecule has 3 aromatic carbocycles. The molecular weight excluding hydrogens is 617 g/mol. The van der Waals surface area contributed by atoms with Crippen LogP contribution in [0.25, 0.3) is 11.1 Å². The van der Waals surface area contributed by atoms with Crippen LogP contribution in [0.5, 0.6) is 0 Å². The highest BCUT2D eigenvalue weighted by molar-refractivity contribution is 6.40. The van der Waals surface area contributed by atoms with Crippen LogP contribution in [0.4, 0.5) is 0 Å². The molecule has 45 heavy (non-hydrogen) atoms. The summed E-state index contributed by atoms with van der Waals surface area (Å²) in [5, 5.41) is 21.7. The second-order valence-electron chi connectivity index (χ2n) is 11.1. The molecule has 236 valence electrons. The van der Waals surface area contributed by atoms with E-state index in [1.165, 1.54) is 0 Å². The van der Waals surface area contributed by atoms with E-state index in [1.54, 1.807) is 10.9 Å². The second kappa shape index (κ2) is 15.0. The number of rotatable bonds is 12. The fourth-order valence-corrected chi connectivity index (χ4v) is 5.69. The molecule has 1 aliphatic heterocycles. The van der Waals surface area contributed by atoms with Crippen molar-refractivity contribution >= 4 is 35.1 Å². The van der Waals surface area contributed by atoms with Crippen molar-refractivity contribution < 1.29 is 29.3 Å². The summed E-state index contributed by atoms with van der Waals surface area (Å²) in [6.07, 6.45) is 0.856. The molecule has 1 saturated heterocycles. The lowest BCUT2D eigenvalue weighted by molar-refractivity contribution is -0.276. The molecule has 4 atom stereocenters. The van der Waals surface area contributed by atoms with Crippen LogP contribution >= 0.6 is 23.2 Å². The minimum atomic E-state index is -0.907. The fourth-order valence-electron chi connectivity index (χ4n) is 5.37. The molecule has 1 amide bonds. The zero-order valence-electron chi connectivity index (χ0n) is 24.7. The second-order valence-corrected chi connectivity index (χ2v) is 11.9. The number of carbonyl (C=O) groups is 2. The van der Waals surface area contributed by atoms with E-state index in [1.807, 2.05) is 72.8 Å². The van der Waals surface area contributed by atoms with Gasteiger partial charge in [-0.3, -0.25) is 9.59 Å². The van der Waals surface area contributed by atoms with Gasteiger partial charge in [-0.25, -0.2) is 4.98 Å². The van der Waals surface area contributed by atoms with Gasteiger partial charge in [-0.05, 0) is 40.3 Å². The van der Waals surface area contributed by atoms with Crippen LogP contribution in [0, 0.1) is 5.92 Å². The van der Waals surface area contributed by atoms with Crippen LogP contribution in [0.2, 0.25) is 10.3 Å². The van der Waals surface area contributed by atoms with Gasteiger partial charge in [-0.2, -0.15) is 0 Å². The van der Waals surface area contributed by atoms with Crippen LogP contribution < -0.4 is 5.32 Å². The molecule has 0 saturated carbocycles. The van der Waals surface area contributed by atoms with E-state index in [4.69, 9.17) is 37.8 Å². The Morgan fingerprint density at radius 2 is 1.67 bits per heavy atom. The third-order valence-corrected chi connectivity index (χ3v) is 8.73. The molecule has 0 unspecified atom stereocenters. The third-order valence-electron chi connectivity index (χ3n) is 7.96. The largest absolute Gasteiger partial charge is 0.481 e. The lowest BCUT2D eigenvalue weighted by Gasteiger charge is -2.41. The average molecular weight is 653 g/mol. The Balaban J connectivity index is 1.31. The molecule has 0 aliphatic carbocycles. The maximum Gasteiger partial charge on any atom is 0.303 e. The molecule has 1 aromatic heterocycles. The molecule has 3 N–H and O–H groups in total. The van der Waals surface area contributed by atoms with Crippen molar-refractivity contribution in [1.82, 2.24) is 14.9 Å². The number of nitrogens with one attached hydrogen (secondary N) is 1. The summed E-state index contributed by atoms with van der Waals surface area (Å²) in [5.41, 5.74) is 5.58. The van der Waals surface area contributed by atoms with Gasteiger partial charge in [0.2, 0.25) is 5.91 Å². The molecule has 4 aromatic rings. The van der Waals surface area contributed by atoms with E-state index in [2.05, 4.69) is 17.2 Å². The minimum absolute atomic E-state index is 0.0261. The Kier molecular flexibility index (Phi) is 10.9. The number of benzene rings is 3. The molecule has 5 rings (SSSR count). The molecule has 1 fully saturated rings. The number of hydrogen-bond acceptors (Lipinski definition) is 6. The first-order valence-corrected chi connectivity index (χ1v) is 15.5. The van der Waals surface area contributed by atoms with Crippen molar-refractivity contribution in [3.63, 3.8) is 0 Å². The normalized spacial score (nSPS) is 19.7. The maximum atomic E-state index is 12.1. The Morgan fingerprint density at radius 1 is 0.933 bits per heavy atom. The van der Waals surface area contributed by atoms with Gasteiger partial charge in [-0.1, -0.05) is 96.9 Å². The number of amides is 1. The summed E-state index contributed by atoms with van der Waals surface area (Å²) >= 11 is 12.5. The molecule has 0 spiro atoms.